The summed E-state index contributed by atoms with van der Waals surface area (Å²) >= 11 is 1.22. The fourth-order valence-electron chi connectivity index (χ4n) is 4.34. The number of hydrogen-bond donors (Lipinski definition) is 1. The van der Waals surface area contributed by atoms with E-state index in [1.165, 1.54) is 39.8 Å². The first-order valence-electron chi connectivity index (χ1n) is 10.5. The van der Waals surface area contributed by atoms with Crippen molar-refractivity contribution in [1.29, 1.82) is 0 Å². The molecule has 9 heteroatoms. The Labute approximate surface area is 199 Å². The number of amides is 3. The van der Waals surface area contributed by atoms with E-state index < -0.39 is 22.5 Å². The summed E-state index contributed by atoms with van der Waals surface area (Å²) < 4.78 is 19.2. The van der Waals surface area contributed by atoms with Crippen molar-refractivity contribution < 1.29 is 23.5 Å². The highest BCUT2D eigenvalue weighted by Crippen LogP contribution is 2.55. The first-order valence-corrected chi connectivity index (χ1v) is 11.5. The molecule has 3 aromatic carbocycles. The van der Waals surface area contributed by atoms with Gasteiger partial charge in [0.2, 0.25) is 16.7 Å². The largest absolute Gasteiger partial charge is 0.497 e. The Balaban J connectivity index is 1.51. The van der Waals surface area contributed by atoms with Gasteiger partial charge in [0.25, 0.3) is 5.91 Å². The Morgan fingerprint density at radius 3 is 2.50 bits per heavy atom. The van der Waals surface area contributed by atoms with E-state index >= 15 is 0 Å². The predicted octanol–water partition coefficient (Wildman–Crippen LogP) is 3.75. The van der Waals surface area contributed by atoms with E-state index in [-0.39, 0.29) is 23.9 Å². The standard InChI is InChI=1S/C25H20FN3O4S/c1-33-17-12-10-16(11-13-17)29-23(31)15-34-25(29)18-6-2-5-9-21(18)28(24(25)32)14-22(30)27-20-8-4-3-7-19(20)26/h2-13H,14-15H2,1H3,(H,27,30). The molecule has 3 amide bonds. The molecule has 1 fully saturated rings. The van der Waals surface area contributed by atoms with Crippen LogP contribution >= 0.6 is 11.8 Å². The van der Waals surface area contributed by atoms with E-state index in [1.54, 1.807) is 61.7 Å². The molecule has 172 valence electrons. The topological polar surface area (TPSA) is 79.0 Å². The molecule has 1 N–H and O–H groups in total. The highest BCUT2D eigenvalue weighted by atomic mass is 32.2. The number of methoxy groups -OCH3 is 1. The van der Waals surface area contributed by atoms with Gasteiger partial charge in [-0.2, -0.15) is 0 Å². The summed E-state index contributed by atoms with van der Waals surface area (Å²) in [6.45, 7) is -0.322. The summed E-state index contributed by atoms with van der Waals surface area (Å²) in [7, 11) is 1.55. The Kier molecular flexibility index (Phi) is 5.49. The van der Waals surface area contributed by atoms with E-state index in [9.17, 15) is 18.8 Å². The van der Waals surface area contributed by atoms with Gasteiger partial charge in [-0.25, -0.2) is 4.39 Å². The van der Waals surface area contributed by atoms with Gasteiger partial charge in [-0.15, -0.1) is 11.8 Å². The molecule has 34 heavy (non-hydrogen) atoms. The molecular formula is C25H20FN3O4S. The molecule has 0 saturated carbocycles. The van der Waals surface area contributed by atoms with Gasteiger partial charge in [0.05, 0.1) is 24.2 Å². The lowest BCUT2D eigenvalue weighted by molar-refractivity contribution is -0.124. The number of hydrogen-bond acceptors (Lipinski definition) is 5. The fourth-order valence-corrected chi connectivity index (χ4v) is 5.70. The Morgan fingerprint density at radius 1 is 1.06 bits per heavy atom. The number of para-hydroxylation sites is 2. The Morgan fingerprint density at radius 2 is 1.76 bits per heavy atom. The van der Waals surface area contributed by atoms with Crippen molar-refractivity contribution in [3.05, 3.63) is 84.2 Å². The van der Waals surface area contributed by atoms with Crippen LogP contribution in [0.3, 0.4) is 0 Å². The minimum absolute atomic E-state index is 0.0347. The van der Waals surface area contributed by atoms with Crippen LogP contribution in [-0.4, -0.2) is 37.1 Å². The molecule has 7 nitrogen and oxygen atoms in total. The molecule has 0 aliphatic carbocycles. The molecule has 3 aromatic rings. The Hall–Kier alpha value is -3.85. The van der Waals surface area contributed by atoms with Crippen LogP contribution in [0.4, 0.5) is 21.5 Å². The number of carbonyl (C=O) groups excluding carboxylic acids is 3. The van der Waals surface area contributed by atoms with Crippen molar-refractivity contribution >= 4 is 46.5 Å². The van der Waals surface area contributed by atoms with Crippen LogP contribution in [0.2, 0.25) is 0 Å². The number of fused-ring (bicyclic) bond motifs is 2. The number of thioether (sulfide) groups is 1. The van der Waals surface area contributed by atoms with Crippen LogP contribution in [0.25, 0.3) is 0 Å². The summed E-state index contributed by atoms with van der Waals surface area (Å²) in [5.74, 6) is -0.984. The van der Waals surface area contributed by atoms with E-state index in [4.69, 9.17) is 4.74 Å². The fraction of sp³-hybridized carbons (Fsp3) is 0.160. The minimum Gasteiger partial charge on any atom is -0.497 e. The third-order valence-electron chi connectivity index (χ3n) is 5.84. The smallest absolute Gasteiger partial charge is 0.269 e. The average molecular weight is 478 g/mol. The minimum atomic E-state index is -1.33. The number of halogens is 1. The quantitative estimate of drug-likeness (QED) is 0.606. The van der Waals surface area contributed by atoms with Crippen molar-refractivity contribution in [2.45, 2.75) is 4.87 Å². The summed E-state index contributed by atoms with van der Waals surface area (Å²) in [6, 6.07) is 19.8. The maximum atomic E-state index is 14.0. The lowest BCUT2D eigenvalue weighted by atomic mass is 10.0. The second-order valence-electron chi connectivity index (χ2n) is 7.80. The molecule has 1 unspecified atom stereocenters. The lowest BCUT2D eigenvalue weighted by Crippen LogP contribution is -2.50. The molecule has 0 radical (unpaired) electrons. The zero-order valence-corrected chi connectivity index (χ0v) is 19.0. The maximum Gasteiger partial charge on any atom is 0.269 e. The number of ether oxygens (including phenoxy) is 1. The summed E-state index contributed by atoms with van der Waals surface area (Å²) in [5.41, 5.74) is 1.76. The van der Waals surface area contributed by atoms with Crippen LogP contribution in [0.1, 0.15) is 5.56 Å². The van der Waals surface area contributed by atoms with Gasteiger partial charge in [-0.05, 0) is 42.5 Å². The molecule has 0 bridgehead atoms. The highest BCUT2D eigenvalue weighted by molar-refractivity contribution is 8.02. The van der Waals surface area contributed by atoms with Gasteiger partial charge in [-0.3, -0.25) is 24.2 Å². The average Bonchev–Trinajstić information content (AvgIpc) is 3.31. The molecule has 2 heterocycles. The molecule has 0 aromatic heterocycles. The van der Waals surface area contributed by atoms with Crippen LogP contribution in [0.15, 0.2) is 72.8 Å². The van der Waals surface area contributed by atoms with Crippen LogP contribution in [0, 0.1) is 5.82 Å². The SMILES string of the molecule is COc1ccc(N2C(=O)CSC23C(=O)N(CC(=O)Nc2ccccc2F)c2ccccc23)cc1. The van der Waals surface area contributed by atoms with Crippen molar-refractivity contribution in [3.63, 3.8) is 0 Å². The van der Waals surface area contributed by atoms with Crippen molar-refractivity contribution in [2.24, 2.45) is 0 Å². The number of anilines is 3. The third-order valence-corrected chi connectivity index (χ3v) is 7.23. The molecule has 1 atom stereocenters. The number of nitrogens with zero attached hydrogens (tertiary/aromatic N) is 2. The first kappa shape index (κ1) is 22.0. The van der Waals surface area contributed by atoms with Crippen LogP contribution in [-0.2, 0) is 19.3 Å². The van der Waals surface area contributed by atoms with Gasteiger partial charge < -0.3 is 10.1 Å². The van der Waals surface area contributed by atoms with Crippen LogP contribution in [0.5, 0.6) is 5.75 Å². The molecule has 5 rings (SSSR count). The van der Waals surface area contributed by atoms with Gasteiger partial charge in [-0.1, -0.05) is 30.3 Å². The van der Waals surface area contributed by atoms with Crippen molar-refractivity contribution in [2.75, 3.05) is 34.5 Å². The second-order valence-corrected chi connectivity index (χ2v) is 8.96. The summed E-state index contributed by atoms with van der Waals surface area (Å²) in [6.07, 6.45) is 0. The van der Waals surface area contributed by atoms with Gasteiger partial charge in [0.15, 0.2) is 0 Å². The van der Waals surface area contributed by atoms with Gasteiger partial charge >= 0.3 is 0 Å². The number of benzene rings is 3. The molecular weight excluding hydrogens is 457 g/mol. The number of carbonyl (C=O) groups is 3. The molecule has 2 aliphatic rings. The van der Waals surface area contributed by atoms with E-state index in [0.717, 1.165) is 0 Å². The first-order chi connectivity index (χ1) is 16.5. The predicted molar refractivity (Wildman–Crippen MR) is 128 cm³/mol. The lowest BCUT2D eigenvalue weighted by Gasteiger charge is -2.33. The Bertz CT molecular complexity index is 1300. The zero-order chi connectivity index (χ0) is 23.9. The van der Waals surface area contributed by atoms with E-state index in [1.807, 2.05) is 0 Å². The van der Waals surface area contributed by atoms with Gasteiger partial charge in [0, 0.05) is 11.3 Å². The van der Waals surface area contributed by atoms with Crippen LogP contribution < -0.4 is 19.9 Å². The van der Waals surface area contributed by atoms with Crippen molar-refractivity contribution in [3.8, 4) is 5.75 Å². The van der Waals surface area contributed by atoms with Crippen molar-refractivity contribution in [1.82, 2.24) is 0 Å². The zero-order valence-electron chi connectivity index (χ0n) is 18.2. The highest BCUT2D eigenvalue weighted by Gasteiger charge is 2.61. The number of nitrogens with one attached hydrogen (secondary N) is 1. The summed E-state index contributed by atoms with van der Waals surface area (Å²) in [5, 5.41) is 2.52. The van der Waals surface area contributed by atoms with Gasteiger partial charge in [0.1, 0.15) is 18.1 Å². The molecule has 1 saturated heterocycles. The van der Waals surface area contributed by atoms with E-state index in [0.29, 0.717) is 22.7 Å². The third kappa shape index (κ3) is 3.40. The molecule has 2 aliphatic heterocycles. The number of rotatable bonds is 5. The second kappa shape index (κ2) is 8.49. The molecule has 1 spiro atoms. The normalized spacial score (nSPS) is 19.0. The maximum absolute atomic E-state index is 14.0. The monoisotopic (exact) mass is 477 g/mol. The van der Waals surface area contributed by atoms with E-state index in [2.05, 4.69) is 5.32 Å². The summed E-state index contributed by atoms with van der Waals surface area (Å²) in [4.78, 5) is 41.3.